The number of Topliss-reactive ketones (excluding diaryl/α,β-unsaturated/α-hetero) is 1. The van der Waals surface area contributed by atoms with Crippen LogP contribution >= 0.6 is 11.6 Å². The number of morpholine rings is 1. The Morgan fingerprint density at radius 1 is 0.913 bits per heavy atom. The first-order valence-corrected chi connectivity index (χ1v) is 8.52. The van der Waals surface area contributed by atoms with Crippen LogP contribution in [0, 0.1) is 5.41 Å². The van der Waals surface area contributed by atoms with Crippen LogP contribution in [0.2, 0.25) is 5.28 Å². The molecular formula is C15H20ClN5O2. The van der Waals surface area contributed by atoms with E-state index >= 15 is 0 Å². The number of aromatic nitrogens is 3. The molecule has 3 aliphatic rings. The van der Waals surface area contributed by atoms with Gasteiger partial charge in [0.15, 0.2) is 0 Å². The summed E-state index contributed by atoms with van der Waals surface area (Å²) in [5, 5.41) is 0.232. The summed E-state index contributed by atoms with van der Waals surface area (Å²) in [6, 6.07) is 0. The molecule has 1 saturated carbocycles. The molecule has 1 aromatic rings. The number of piperidine rings is 1. The third-order valence-electron chi connectivity index (χ3n) is 5.13. The summed E-state index contributed by atoms with van der Waals surface area (Å²) in [5.74, 6) is 1.67. The second kappa shape index (κ2) is 5.87. The van der Waals surface area contributed by atoms with Crippen LogP contribution in [0.1, 0.15) is 25.7 Å². The van der Waals surface area contributed by atoms with Gasteiger partial charge in [-0.3, -0.25) is 4.79 Å². The minimum Gasteiger partial charge on any atom is -0.378 e. The van der Waals surface area contributed by atoms with E-state index < -0.39 is 0 Å². The van der Waals surface area contributed by atoms with Crippen LogP contribution in [0.5, 0.6) is 0 Å². The van der Waals surface area contributed by atoms with Crippen molar-refractivity contribution in [3.05, 3.63) is 5.28 Å². The fourth-order valence-corrected chi connectivity index (χ4v) is 3.85. The number of hydrogen-bond donors (Lipinski definition) is 0. The summed E-state index contributed by atoms with van der Waals surface area (Å²) in [6.07, 6.45) is 3.54. The Morgan fingerprint density at radius 2 is 1.48 bits per heavy atom. The molecule has 7 nitrogen and oxygen atoms in total. The molecule has 0 bridgehead atoms. The molecule has 0 unspecified atom stereocenters. The highest BCUT2D eigenvalue weighted by molar-refractivity contribution is 6.28. The van der Waals surface area contributed by atoms with E-state index in [0.717, 1.165) is 51.9 Å². The van der Waals surface area contributed by atoms with Gasteiger partial charge in [0.2, 0.25) is 17.2 Å². The number of hydrogen-bond acceptors (Lipinski definition) is 7. The molecule has 0 N–H and O–H groups in total. The van der Waals surface area contributed by atoms with Crippen molar-refractivity contribution in [3.8, 4) is 0 Å². The normalized spacial score (nSPS) is 24.0. The van der Waals surface area contributed by atoms with Crippen molar-refractivity contribution < 1.29 is 9.53 Å². The van der Waals surface area contributed by atoms with Gasteiger partial charge in [-0.05, 0) is 29.9 Å². The first kappa shape index (κ1) is 15.1. The molecule has 3 heterocycles. The summed E-state index contributed by atoms with van der Waals surface area (Å²) in [5.41, 5.74) is 0.247. The Kier molecular flexibility index (Phi) is 3.85. The Bertz CT molecular complexity index is 602. The first-order chi connectivity index (χ1) is 11.1. The molecule has 2 aliphatic heterocycles. The number of halogens is 1. The van der Waals surface area contributed by atoms with Crippen LogP contribution in [0.4, 0.5) is 11.9 Å². The Labute approximate surface area is 140 Å². The molecule has 0 amide bonds. The van der Waals surface area contributed by atoms with Gasteiger partial charge in [-0.2, -0.15) is 15.0 Å². The highest BCUT2D eigenvalue weighted by Gasteiger charge is 2.45. The molecule has 4 rings (SSSR count). The van der Waals surface area contributed by atoms with E-state index in [1.165, 1.54) is 0 Å². The van der Waals surface area contributed by atoms with Gasteiger partial charge in [-0.25, -0.2) is 0 Å². The Morgan fingerprint density at radius 3 is 2.04 bits per heavy atom. The van der Waals surface area contributed by atoms with Gasteiger partial charge in [0.05, 0.1) is 13.2 Å². The molecule has 8 heteroatoms. The average molecular weight is 338 g/mol. The molecule has 1 aliphatic carbocycles. The standard InChI is InChI=1S/C15H20ClN5O2/c16-12-17-13(19-14(18-12)21-5-7-23-8-6-21)20-3-1-15(2-4-20)9-11(22)10-15/h1-10H2. The van der Waals surface area contributed by atoms with E-state index in [1.807, 2.05) is 0 Å². The van der Waals surface area contributed by atoms with Crippen molar-refractivity contribution in [2.45, 2.75) is 25.7 Å². The number of rotatable bonds is 2. The Hall–Kier alpha value is -1.47. The van der Waals surface area contributed by atoms with Gasteiger partial charge in [-0.15, -0.1) is 0 Å². The Balaban J connectivity index is 1.48. The van der Waals surface area contributed by atoms with Crippen LogP contribution in [-0.2, 0) is 9.53 Å². The zero-order valence-electron chi connectivity index (χ0n) is 13.0. The van der Waals surface area contributed by atoms with Crippen molar-refractivity contribution in [1.82, 2.24) is 15.0 Å². The minimum atomic E-state index is 0.232. The minimum absolute atomic E-state index is 0.232. The number of nitrogens with zero attached hydrogens (tertiary/aromatic N) is 5. The molecule has 0 radical (unpaired) electrons. The number of anilines is 2. The third kappa shape index (κ3) is 2.99. The predicted molar refractivity (Wildman–Crippen MR) is 86.0 cm³/mol. The van der Waals surface area contributed by atoms with E-state index in [2.05, 4.69) is 24.8 Å². The molecule has 23 heavy (non-hydrogen) atoms. The monoisotopic (exact) mass is 337 g/mol. The molecule has 3 fully saturated rings. The summed E-state index contributed by atoms with van der Waals surface area (Å²) in [7, 11) is 0. The van der Waals surface area contributed by atoms with Crippen LogP contribution < -0.4 is 9.80 Å². The van der Waals surface area contributed by atoms with Crippen LogP contribution in [-0.4, -0.2) is 60.1 Å². The number of ketones is 1. The van der Waals surface area contributed by atoms with Crippen LogP contribution in [0.25, 0.3) is 0 Å². The van der Waals surface area contributed by atoms with Crippen molar-refractivity contribution in [1.29, 1.82) is 0 Å². The van der Waals surface area contributed by atoms with Gasteiger partial charge in [-0.1, -0.05) is 0 Å². The van der Waals surface area contributed by atoms with Crippen molar-refractivity contribution >= 4 is 29.3 Å². The van der Waals surface area contributed by atoms with Crippen LogP contribution in [0.15, 0.2) is 0 Å². The fourth-order valence-electron chi connectivity index (χ4n) is 3.70. The van der Waals surface area contributed by atoms with Gasteiger partial charge in [0, 0.05) is 39.0 Å². The lowest BCUT2D eigenvalue weighted by Gasteiger charge is -2.46. The van der Waals surface area contributed by atoms with Crippen molar-refractivity contribution in [3.63, 3.8) is 0 Å². The molecule has 1 aromatic heterocycles. The van der Waals surface area contributed by atoms with Gasteiger partial charge >= 0.3 is 0 Å². The molecule has 2 saturated heterocycles. The largest absolute Gasteiger partial charge is 0.378 e. The van der Waals surface area contributed by atoms with Gasteiger partial charge < -0.3 is 14.5 Å². The highest BCUT2D eigenvalue weighted by atomic mass is 35.5. The zero-order valence-corrected chi connectivity index (χ0v) is 13.8. The van der Waals surface area contributed by atoms with E-state index in [0.29, 0.717) is 30.9 Å². The van der Waals surface area contributed by atoms with Gasteiger partial charge in [0.1, 0.15) is 5.78 Å². The fraction of sp³-hybridized carbons (Fsp3) is 0.733. The maximum absolute atomic E-state index is 11.3. The van der Waals surface area contributed by atoms with E-state index in [-0.39, 0.29) is 10.7 Å². The van der Waals surface area contributed by atoms with Gasteiger partial charge in [0.25, 0.3) is 0 Å². The van der Waals surface area contributed by atoms with E-state index in [4.69, 9.17) is 16.3 Å². The van der Waals surface area contributed by atoms with Crippen molar-refractivity contribution in [2.24, 2.45) is 5.41 Å². The average Bonchev–Trinajstić information content (AvgIpc) is 2.54. The lowest BCUT2D eigenvalue weighted by atomic mass is 9.62. The topological polar surface area (TPSA) is 71.5 Å². The summed E-state index contributed by atoms with van der Waals surface area (Å²) >= 11 is 6.11. The molecule has 0 atom stereocenters. The predicted octanol–water partition coefficient (Wildman–Crippen LogP) is 1.31. The lowest BCUT2D eigenvalue weighted by molar-refractivity contribution is -0.133. The number of carbonyl (C=O) groups excluding carboxylic acids is 1. The maximum Gasteiger partial charge on any atom is 0.231 e. The first-order valence-electron chi connectivity index (χ1n) is 8.15. The lowest BCUT2D eigenvalue weighted by Crippen LogP contribution is -2.48. The number of carbonyl (C=O) groups is 1. The second-order valence-corrected chi connectivity index (χ2v) is 7.02. The van der Waals surface area contributed by atoms with E-state index in [9.17, 15) is 4.79 Å². The summed E-state index contributed by atoms with van der Waals surface area (Å²) in [6.45, 7) is 4.64. The maximum atomic E-state index is 11.3. The van der Waals surface area contributed by atoms with Crippen LogP contribution in [0.3, 0.4) is 0 Å². The zero-order chi connectivity index (χ0) is 15.9. The van der Waals surface area contributed by atoms with E-state index in [1.54, 1.807) is 0 Å². The number of ether oxygens (including phenoxy) is 1. The second-order valence-electron chi connectivity index (χ2n) is 6.68. The highest BCUT2D eigenvalue weighted by Crippen LogP contribution is 2.47. The molecule has 0 aromatic carbocycles. The quantitative estimate of drug-likeness (QED) is 0.805. The molecule has 124 valence electrons. The summed E-state index contributed by atoms with van der Waals surface area (Å²) in [4.78, 5) is 28.7. The molecule has 1 spiro atoms. The smallest absolute Gasteiger partial charge is 0.231 e. The molecular weight excluding hydrogens is 318 g/mol. The van der Waals surface area contributed by atoms with Crippen molar-refractivity contribution in [2.75, 3.05) is 49.2 Å². The third-order valence-corrected chi connectivity index (χ3v) is 5.30. The SMILES string of the molecule is O=C1CC2(CCN(c3nc(Cl)nc(N4CCOCC4)n3)CC2)C1. The summed E-state index contributed by atoms with van der Waals surface area (Å²) < 4.78 is 5.36.